The van der Waals surface area contributed by atoms with Gasteiger partial charge >= 0.3 is 6.18 Å². The van der Waals surface area contributed by atoms with Crippen molar-refractivity contribution >= 4 is 0 Å². The fourth-order valence-electron chi connectivity index (χ4n) is 1.86. The van der Waals surface area contributed by atoms with Gasteiger partial charge in [0.2, 0.25) is 0 Å². The molecule has 0 atom stereocenters. The normalized spacial score (nSPS) is 11.8. The third-order valence-electron chi connectivity index (χ3n) is 2.78. The highest BCUT2D eigenvalue weighted by Crippen LogP contribution is 2.33. The molecule has 0 bridgehead atoms. The van der Waals surface area contributed by atoms with E-state index in [0.717, 1.165) is 4.68 Å². The van der Waals surface area contributed by atoms with E-state index in [1.165, 1.54) is 25.6 Å². The summed E-state index contributed by atoms with van der Waals surface area (Å²) in [4.78, 5) is 3.91. The highest BCUT2D eigenvalue weighted by molar-refractivity contribution is 5.30. The summed E-state index contributed by atoms with van der Waals surface area (Å²) in [6, 6.07) is 4.72. The standard InChI is InChI=1S/C13H15F3N4O/c1-21-7-6-17-8-10-9-19-20(12(10)13(14,15)16)11-4-2-3-5-18-11/h2-5,9,17H,6-8H2,1H3. The number of nitrogens with zero attached hydrogens (tertiary/aromatic N) is 3. The first-order chi connectivity index (χ1) is 10.0. The molecule has 0 aliphatic rings. The van der Waals surface area contributed by atoms with Crippen LogP contribution in [0.4, 0.5) is 13.2 Å². The summed E-state index contributed by atoms with van der Waals surface area (Å²) in [7, 11) is 1.53. The van der Waals surface area contributed by atoms with Crippen LogP contribution < -0.4 is 5.32 Å². The molecule has 2 heterocycles. The van der Waals surface area contributed by atoms with Crippen LogP contribution in [0, 0.1) is 0 Å². The van der Waals surface area contributed by atoms with Gasteiger partial charge in [-0.15, -0.1) is 0 Å². The average molecular weight is 300 g/mol. The number of halogens is 3. The number of methoxy groups -OCH3 is 1. The molecule has 8 heteroatoms. The molecular formula is C13H15F3N4O. The molecule has 0 unspecified atom stereocenters. The minimum absolute atomic E-state index is 0.0606. The van der Waals surface area contributed by atoms with Gasteiger partial charge in [-0.25, -0.2) is 9.67 Å². The Bertz CT molecular complexity index is 569. The maximum Gasteiger partial charge on any atom is 0.433 e. The van der Waals surface area contributed by atoms with Crippen molar-refractivity contribution in [2.45, 2.75) is 12.7 Å². The first-order valence-corrected chi connectivity index (χ1v) is 6.29. The summed E-state index contributed by atoms with van der Waals surface area (Å²) in [5.41, 5.74) is -0.740. The number of rotatable bonds is 6. The molecule has 2 rings (SSSR count). The van der Waals surface area contributed by atoms with Gasteiger partial charge in [0, 0.05) is 32.0 Å². The Kier molecular flexibility index (Phi) is 4.92. The predicted octanol–water partition coefficient (Wildman–Crippen LogP) is 2.02. The fraction of sp³-hybridized carbons (Fsp3) is 0.385. The van der Waals surface area contributed by atoms with Crippen LogP contribution in [-0.2, 0) is 17.5 Å². The van der Waals surface area contributed by atoms with E-state index >= 15 is 0 Å². The molecule has 0 spiro atoms. The molecule has 0 aliphatic heterocycles. The number of nitrogens with one attached hydrogen (secondary N) is 1. The largest absolute Gasteiger partial charge is 0.433 e. The molecule has 2 aromatic heterocycles. The van der Waals surface area contributed by atoms with Crippen LogP contribution in [0.2, 0.25) is 0 Å². The third-order valence-corrected chi connectivity index (χ3v) is 2.78. The van der Waals surface area contributed by atoms with Crippen molar-refractivity contribution in [1.29, 1.82) is 0 Å². The van der Waals surface area contributed by atoms with Crippen LogP contribution in [0.15, 0.2) is 30.6 Å². The summed E-state index contributed by atoms with van der Waals surface area (Å²) in [6.07, 6.45) is -1.88. The van der Waals surface area contributed by atoms with Gasteiger partial charge in [-0.05, 0) is 12.1 Å². The van der Waals surface area contributed by atoms with E-state index in [9.17, 15) is 13.2 Å². The number of hydrogen-bond acceptors (Lipinski definition) is 4. The van der Waals surface area contributed by atoms with Crippen LogP contribution >= 0.6 is 0 Å². The second-order valence-electron chi connectivity index (χ2n) is 4.29. The average Bonchev–Trinajstić information content (AvgIpc) is 2.88. The molecular weight excluding hydrogens is 285 g/mol. The SMILES string of the molecule is COCCNCc1cnn(-c2ccccn2)c1C(F)(F)F. The summed E-state index contributed by atoms with van der Waals surface area (Å²) < 4.78 is 45.4. The fourth-order valence-corrected chi connectivity index (χ4v) is 1.86. The second kappa shape index (κ2) is 6.68. The summed E-state index contributed by atoms with van der Waals surface area (Å²) in [5, 5.41) is 6.70. The van der Waals surface area contributed by atoms with Gasteiger partial charge < -0.3 is 10.1 Å². The summed E-state index contributed by atoms with van der Waals surface area (Å²) in [5.74, 6) is 0.132. The van der Waals surface area contributed by atoms with E-state index < -0.39 is 11.9 Å². The van der Waals surface area contributed by atoms with Crippen molar-refractivity contribution in [3.63, 3.8) is 0 Å². The topological polar surface area (TPSA) is 52.0 Å². The van der Waals surface area contributed by atoms with E-state index in [1.54, 1.807) is 12.1 Å². The van der Waals surface area contributed by atoms with E-state index in [-0.39, 0.29) is 17.9 Å². The molecule has 114 valence electrons. The molecule has 0 saturated heterocycles. The number of aromatic nitrogens is 3. The molecule has 0 aromatic carbocycles. The highest BCUT2D eigenvalue weighted by atomic mass is 19.4. The number of hydrogen-bond donors (Lipinski definition) is 1. The number of ether oxygens (including phenoxy) is 1. The van der Waals surface area contributed by atoms with E-state index in [0.29, 0.717) is 13.2 Å². The van der Waals surface area contributed by atoms with Gasteiger partial charge in [0.15, 0.2) is 11.5 Å². The van der Waals surface area contributed by atoms with Crippen molar-refractivity contribution in [3.8, 4) is 5.82 Å². The van der Waals surface area contributed by atoms with Crippen LogP contribution in [0.5, 0.6) is 0 Å². The molecule has 1 N–H and O–H groups in total. The van der Waals surface area contributed by atoms with E-state index in [1.807, 2.05) is 0 Å². The zero-order chi connectivity index (χ0) is 15.3. The Labute approximate surface area is 119 Å². The first-order valence-electron chi connectivity index (χ1n) is 6.29. The van der Waals surface area contributed by atoms with Crippen LogP contribution in [-0.4, -0.2) is 35.0 Å². The maximum absolute atomic E-state index is 13.3. The van der Waals surface area contributed by atoms with Gasteiger partial charge in [-0.2, -0.15) is 18.3 Å². The molecule has 21 heavy (non-hydrogen) atoms. The Balaban J connectivity index is 2.28. The molecule has 2 aromatic rings. The molecule has 5 nitrogen and oxygen atoms in total. The minimum Gasteiger partial charge on any atom is -0.383 e. The maximum atomic E-state index is 13.3. The van der Waals surface area contributed by atoms with Gasteiger partial charge in [-0.3, -0.25) is 0 Å². The van der Waals surface area contributed by atoms with Gasteiger partial charge in [-0.1, -0.05) is 6.07 Å². The number of pyridine rings is 1. The van der Waals surface area contributed by atoms with Crippen molar-refractivity contribution in [2.24, 2.45) is 0 Å². The van der Waals surface area contributed by atoms with Crippen molar-refractivity contribution in [3.05, 3.63) is 41.9 Å². The molecule has 0 fully saturated rings. The van der Waals surface area contributed by atoms with Crippen molar-refractivity contribution < 1.29 is 17.9 Å². The molecule has 0 radical (unpaired) electrons. The van der Waals surface area contributed by atoms with Crippen LogP contribution in [0.3, 0.4) is 0 Å². The molecule has 0 amide bonds. The van der Waals surface area contributed by atoms with Gasteiger partial charge in [0.1, 0.15) is 0 Å². The quantitative estimate of drug-likeness (QED) is 0.829. The molecule has 0 saturated carbocycles. The summed E-state index contributed by atoms with van der Waals surface area (Å²) in [6.45, 7) is 0.948. The van der Waals surface area contributed by atoms with Crippen molar-refractivity contribution in [2.75, 3.05) is 20.3 Å². The lowest BCUT2D eigenvalue weighted by molar-refractivity contribution is -0.143. The Hall–Kier alpha value is -1.93. The smallest absolute Gasteiger partial charge is 0.383 e. The first kappa shape index (κ1) is 15.5. The lowest BCUT2D eigenvalue weighted by Gasteiger charge is -2.12. The van der Waals surface area contributed by atoms with Crippen LogP contribution in [0.1, 0.15) is 11.3 Å². The lowest BCUT2D eigenvalue weighted by Crippen LogP contribution is -2.22. The Morgan fingerprint density at radius 3 is 2.76 bits per heavy atom. The Morgan fingerprint density at radius 1 is 1.33 bits per heavy atom. The highest BCUT2D eigenvalue weighted by Gasteiger charge is 2.38. The van der Waals surface area contributed by atoms with Crippen molar-refractivity contribution in [1.82, 2.24) is 20.1 Å². The second-order valence-corrected chi connectivity index (χ2v) is 4.29. The number of alkyl halides is 3. The lowest BCUT2D eigenvalue weighted by atomic mass is 10.2. The summed E-state index contributed by atoms with van der Waals surface area (Å²) >= 11 is 0. The van der Waals surface area contributed by atoms with E-state index in [4.69, 9.17) is 4.74 Å². The van der Waals surface area contributed by atoms with Gasteiger partial charge in [0.25, 0.3) is 0 Å². The third kappa shape index (κ3) is 3.79. The zero-order valence-electron chi connectivity index (χ0n) is 11.4. The predicted molar refractivity (Wildman–Crippen MR) is 69.9 cm³/mol. The Morgan fingerprint density at radius 2 is 2.14 bits per heavy atom. The minimum atomic E-state index is -4.51. The van der Waals surface area contributed by atoms with E-state index in [2.05, 4.69) is 15.4 Å². The van der Waals surface area contributed by atoms with Gasteiger partial charge in [0.05, 0.1) is 12.8 Å². The molecule has 0 aliphatic carbocycles. The monoisotopic (exact) mass is 300 g/mol. The zero-order valence-corrected chi connectivity index (χ0v) is 11.4. The van der Waals surface area contributed by atoms with Crippen LogP contribution in [0.25, 0.3) is 5.82 Å².